The predicted octanol–water partition coefficient (Wildman–Crippen LogP) is 3.77. The van der Waals surface area contributed by atoms with Crippen molar-refractivity contribution in [3.63, 3.8) is 0 Å². The Morgan fingerprint density at radius 2 is 1.58 bits per heavy atom. The molecule has 0 N–H and O–H groups in total. The largest absolute Gasteiger partial charge is 0.298 e. The van der Waals surface area contributed by atoms with Crippen molar-refractivity contribution in [2.45, 2.75) is 19.3 Å². The van der Waals surface area contributed by atoms with Crippen molar-refractivity contribution in [2.24, 2.45) is 5.92 Å². The Morgan fingerprint density at radius 1 is 1.00 bits per heavy atom. The van der Waals surface area contributed by atoms with Crippen molar-refractivity contribution >= 4 is 52.2 Å². The minimum absolute atomic E-state index is 0.0228. The molecular weight excluding hydrogens is 310 g/mol. The number of hydrogen-bond donors (Lipinski definition) is 0. The number of Topliss-reactive ketones (excluding diaryl/α,β-unsaturated/α-hetero) is 3. The maximum atomic E-state index is 12.3. The van der Waals surface area contributed by atoms with Crippen LogP contribution in [0.1, 0.15) is 29.6 Å². The number of halogens is 3. The standard InChI is InChI=1S/C13H9Cl3O3/c14-7-5-4-6(11(15)12(7)16)13(19)10-8(17)2-1-3-9(10)18/h4-5,10H,1-3H2. The van der Waals surface area contributed by atoms with Crippen molar-refractivity contribution in [3.8, 4) is 0 Å². The highest BCUT2D eigenvalue weighted by molar-refractivity contribution is 6.49. The number of carbonyl (C=O) groups is 3. The van der Waals surface area contributed by atoms with Gasteiger partial charge < -0.3 is 0 Å². The Hall–Kier alpha value is -0.900. The van der Waals surface area contributed by atoms with E-state index in [0.29, 0.717) is 6.42 Å². The van der Waals surface area contributed by atoms with Gasteiger partial charge in [-0.3, -0.25) is 14.4 Å². The molecule has 3 nitrogen and oxygen atoms in total. The lowest BCUT2D eigenvalue weighted by atomic mass is 9.81. The van der Waals surface area contributed by atoms with Crippen LogP contribution in [0.2, 0.25) is 15.1 Å². The lowest BCUT2D eigenvalue weighted by Crippen LogP contribution is -2.35. The maximum absolute atomic E-state index is 12.3. The first-order valence-corrected chi connectivity index (χ1v) is 6.80. The van der Waals surface area contributed by atoms with Gasteiger partial charge in [0.2, 0.25) is 0 Å². The summed E-state index contributed by atoms with van der Waals surface area (Å²) in [5, 5.41) is 0.236. The van der Waals surface area contributed by atoms with E-state index in [2.05, 4.69) is 0 Å². The van der Waals surface area contributed by atoms with E-state index in [4.69, 9.17) is 34.8 Å². The summed E-state index contributed by atoms with van der Waals surface area (Å²) in [7, 11) is 0. The Balaban J connectivity index is 2.42. The summed E-state index contributed by atoms with van der Waals surface area (Å²) in [5.41, 5.74) is 0.0599. The molecule has 0 bridgehead atoms. The summed E-state index contributed by atoms with van der Waals surface area (Å²) in [6, 6.07) is 2.80. The molecule has 1 aromatic rings. The topological polar surface area (TPSA) is 51.2 Å². The fraction of sp³-hybridized carbons (Fsp3) is 0.308. The fourth-order valence-corrected chi connectivity index (χ4v) is 2.70. The van der Waals surface area contributed by atoms with Gasteiger partial charge in [0.05, 0.1) is 15.1 Å². The fourth-order valence-electron chi connectivity index (χ4n) is 2.07. The van der Waals surface area contributed by atoms with Crippen LogP contribution in [0.3, 0.4) is 0 Å². The van der Waals surface area contributed by atoms with Crippen LogP contribution < -0.4 is 0 Å². The smallest absolute Gasteiger partial charge is 0.182 e. The molecule has 0 aromatic heterocycles. The Bertz CT molecular complexity index is 565. The monoisotopic (exact) mass is 318 g/mol. The Morgan fingerprint density at radius 3 is 2.16 bits per heavy atom. The molecule has 0 radical (unpaired) electrons. The van der Waals surface area contributed by atoms with E-state index >= 15 is 0 Å². The third kappa shape index (κ3) is 2.69. The highest BCUT2D eigenvalue weighted by Gasteiger charge is 2.37. The first-order chi connectivity index (χ1) is 8.93. The normalized spacial score (nSPS) is 16.8. The van der Waals surface area contributed by atoms with Crippen molar-refractivity contribution in [1.82, 2.24) is 0 Å². The first kappa shape index (κ1) is 14.5. The van der Waals surface area contributed by atoms with Crippen molar-refractivity contribution in [3.05, 3.63) is 32.8 Å². The minimum Gasteiger partial charge on any atom is -0.298 e. The first-order valence-electron chi connectivity index (χ1n) is 5.66. The van der Waals surface area contributed by atoms with E-state index in [-0.39, 0.29) is 45.0 Å². The van der Waals surface area contributed by atoms with Gasteiger partial charge in [-0.2, -0.15) is 0 Å². The van der Waals surface area contributed by atoms with Crippen LogP contribution in [0.15, 0.2) is 12.1 Å². The number of benzene rings is 1. The summed E-state index contributed by atoms with van der Waals surface area (Å²) in [5.74, 6) is -2.56. The van der Waals surface area contributed by atoms with Gasteiger partial charge in [-0.15, -0.1) is 0 Å². The predicted molar refractivity (Wildman–Crippen MR) is 73.2 cm³/mol. The zero-order valence-corrected chi connectivity index (χ0v) is 12.0. The van der Waals surface area contributed by atoms with Crippen molar-refractivity contribution in [2.75, 3.05) is 0 Å². The van der Waals surface area contributed by atoms with Gasteiger partial charge in [-0.25, -0.2) is 0 Å². The molecule has 100 valence electrons. The van der Waals surface area contributed by atoms with Crippen molar-refractivity contribution in [1.29, 1.82) is 0 Å². The average molecular weight is 320 g/mol. The molecule has 1 aliphatic rings. The summed E-state index contributed by atoms with van der Waals surface area (Å²) in [6.45, 7) is 0. The lowest BCUT2D eigenvalue weighted by molar-refractivity contribution is -0.133. The molecule has 0 spiro atoms. The van der Waals surface area contributed by atoms with Crippen LogP contribution in [-0.2, 0) is 9.59 Å². The van der Waals surface area contributed by atoms with Crippen LogP contribution >= 0.6 is 34.8 Å². The molecule has 0 atom stereocenters. The van der Waals surface area contributed by atoms with Gasteiger partial charge in [0.1, 0.15) is 5.92 Å². The van der Waals surface area contributed by atoms with Gasteiger partial charge in [0, 0.05) is 18.4 Å². The highest BCUT2D eigenvalue weighted by atomic mass is 35.5. The molecular formula is C13H9Cl3O3. The molecule has 2 rings (SSSR count). The molecule has 6 heteroatoms. The molecule has 0 saturated heterocycles. The van der Waals surface area contributed by atoms with Crippen LogP contribution in [0, 0.1) is 5.92 Å². The zero-order valence-electron chi connectivity index (χ0n) is 9.71. The van der Waals surface area contributed by atoms with E-state index in [1.807, 2.05) is 0 Å². The molecule has 1 saturated carbocycles. The van der Waals surface area contributed by atoms with E-state index in [1.165, 1.54) is 12.1 Å². The Labute approximate surface area is 124 Å². The number of hydrogen-bond acceptors (Lipinski definition) is 3. The summed E-state index contributed by atoms with van der Waals surface area (Å²) in [6.07, 6.45) is 0.971. The lowest BCUT2D eigenvalue weighted by Gasteiger charge is -2.19. The SMILES string of the molecule is O=C1CCCC(=O)C1C(=O)c1ccc(Cl)c(Cl)c1Cl. The molecule has 0 amide bonds. The third-order valence-corrected chi connectivity index (χ3v) is 4.35. The van der Waals surface area contributed by atoms with E-state index in [1.54, 1.807) is 0 Å². The summed E-state index contributed by atoms with van der Waals surface area (Å²) < 4.78 is 0. The van der Waals surface area contributed by atoms with Gasteiger partial charge in [0.25, 0.3) is 0 Å². The molecule has 19 heavy (non-hydrogen) atoms. The Kier molecular flexibility index (Phi) is 4.29. The van der Waals surface area contributed by atoms with Gasteiger partial charge in [-0.05, 0) is 18.6 Å². The summed E-state index contributed by atoms with van der Waals surface area (Å²) in [4.78, 5) is 35.8. The second-order valence-corrected chi connectivity index (χ2v) is 5.47. The molecule has 0 aliphatic heterocycles. The van der Waals surface area contributed by atoms with Crippen LogP contribution in [-0.4, -0.2) is 17.3 Å². The molecule has 1 aromatic carbocycles. The van der Waals surface area contributed by atoms with E-state index < -0.39 is 11.7 Å². The van der Waals surface area contributed by atoms with E-state index in [9.17, 15) is 14.4 Å². The van der Waals surface area contributed by atoms with Gasteiger partial charge in [0.15, 0.2) is 17.3 Å². The van der Waals surface area contributed by atoms with Crippen LogP contribution in [0.25, 0.3) is 0 Å². The van der Waals surface area contributed by atoms with Crippen LogP contribution in [0.5, 0.6) is 0 Å². The molecule has 1 fully saturated rings. The van der Waals surface area contributed by atoms with Gasteiger partial charge >= 0.3 is 0 Å². The molecule has 0 unspecified atom stereocenters. The molecule has 0 heterocycles. The van der Waals surface area contributed by atoms with Gasteiger partial charge in [-0.1, -0.05) is 34.8 Å². The quantitative estimate of drug-likeness (QED) is 0.474. The second kappa shape index (κ2) is 5.61. The number of rotatable bonds is 2. The number of carbonyl (C=O) groups excluding carboxylic acids is 3. The number of ketones is 3. The third-order valence-electron chi connectivity index (χ3n) is 3.05. The average Bonchev–Trinajstić information content (AvgIpc) is 2.35. The van der Waals surface area contributed by atoms with E-state index in [0.717, 1.165) is 0 Å². The second-order valence-electron chi connectivity index (χ2n) is 4.31. The minimum atomic E-state index is -1.25. The zero-order chi connectivity index (χ0) is 14.2. The van der Waals surface area contributed by atoms with Crippen molar-refractivity contribution < 1.29 is 14.4 Å². The maximum Gasteiger partial charge on any atom is 0.182 e. The summed E-state index contributed by atoms with van der Waals surface area (Å²) >= 11 is 17.6. The van der Waals surface area contributed by atoms with Crippen LogP contribution in [0.4, 0.5) is 0 Å². The highest BCUT2D eigenvalue weighted by Crippen LogP contribution is 2.34. The molecule has 1 aliphatic carbocycles.